The Morgan fingerprint density at radius 2 is 1.83 bits per heavy atom. The van der Waals surface area contributed by atoms with Crippen LogP contribution in [-0.4, -0.2) is 89.5 Å². The van der Waals surface area contributed by atoms with Gasteiger partial charge in [-0.1, -0.05) is 66.7 Å². The molecule has 15 heteroatoms. The highest BCUT2D eigenvalue weighted by atomic mass is 31.2. The number of phosphoric acid groups is 1. The van der Waals surface area contributed by atoms with E-state index in [4.69, 9.17) is 0 Å². The summed E-state index contributed by atoms with van der Waals surface area (Å²) in [6, 6.07) is 19.7. The second-order valence-electron chi connectivity index (χ2n) is 11.3. The van der Waals surface area contributed by atoms with Crippen molar-refractivity contribution in [3.05, 3.63) is 108 Å². The topological polar surface area (TPSA) is 172 Å². The third-order valence-electron chi connectivity index (χ3n) is 8.17. The van der Waals surface area contributed by atoms with Crippen LogP contribution in [0.3, 0.4) is 0 Å². The van der Waals surface area contributed by atoms with E-state index < -0.39 is 26.1 Å². The third-order valence-corrected chi connectivity index (χ3v) is 8.61. The maximum Gasteiger partial charge on any atom is 0.524 e. The van der Waals surface area contributed by atoms with E-state index in [1.54, 1.807) is 34.3 Å². The summed E-state index contributed by atoms with van der Waals surface area (Å²) in [6.45, 7) is 4.40. The number of urea groups is 1. The molecule has 4 amide bonds. The number of carbonyl (C=O) groups excluding carboxylic acids is 3. The number of nitrogens with zero attached hydrogens (tertiary/aromatic N) is 5. The standard InChI is InChI=1S/C32H34N7O7P/c1-2-15-37-21-29(40)38-27(16-22-11-13-26(14-12-22)46-47(43,44)45)31(41)36(19-25-10-6-9-24-18-34-35-30(24)25)20-28(38)39(37)32(42)33-17-23-7-4-3-5-8-23/h2-14,18,27-28H,1,15-17,19-21H2,(H,33,42)(H,34,35)(H2,43,44,45). The Kier molecular flexibility index (Phi) is 9.10. The summed E-state index contributed by atoms with van der Waals surface area (Å²) in [4.78, 5) is 63.5. The second-order valence-corrected chi connectivity index (χ2v) is 12.5. The van der Waals surface area contributed by atoms with Gasteiger partial charge >= 0.3 is 13.9 Å². The molecule has 14 nitrogen and oxygen atoms in total. The average molecular weight is 660 g/mol. The van der Waals surface area contributed by atoms with Crippen molar-refractivity contribution >= 4 is 36.6 Å². The van der Waals surface area contributed by atoms with Gasteiger partial charge in [0.25, 0.3) is 0 Å². The van der Waals surface area contributed by atoms with E-state index in [0.29, 0.717) is 5.56 Å². The molecule has 4 aromatic rings. The number of hydrogen-bond acceptors (Lipinski definition) is 7. The molecule has 0 aliphatic carbocycles. The molecule has 0 bridgehead atoms. The van der Waals surface area contributed by atoms with Crippen LogP contribution < -0.4 is 9.84 Å². The van der Waals surface area contributed by atoms with Crippen LogP contribution in [0.5, 0.6) is 5.75 Å². The molecule has 1 aromatic heterocycles. The predicted octanol–water partition coefficient (Wildman–Crippen LogP) is 2.77. The zero-order chi connectivity index (χ0) is 33.1. The molecule has 2 atom stereocenters. The van der Waals surface area contributed by atoms with Gasteiger partial charge in [0.05, 0.1) is 24.8 Å². The summed E-state index contributed by atoms with van der Waals surface area (Å²) in [5, 5.41) is 14.1. The third kappa shape index (κ3) is 7.05. The number of amides is 4. The van der Waals surface area contributed by atoms with Crippen LogP contribution in [0.25, 0.3) is 10.9 Å². The van der Waals surface area contributed by atoms with Crippen molar-refractivity contribution in [2.24, 2.45) is 0 Å². The lowest BCUT2D eigenvalue weighted by molar-refractivity contribution is -0.189. The van der Waals surface area contributed by atoms with Gasteiger partial charge in [-0.3, -0.25) is 24.5 Å². The lowest BCUT2D eigenvalue weighted by Gasteiger charge is -2.55. The average Bonchev–Trinajstić information content (AvgIpc) is 3.53. The number of piperazine rings is 1. The zero-order valence-electron chi connectivity index (χ0n) is 25.3. The van der Waals surface area contributed by atoms with Gasteiger partial charge in [0.1, 0.15) is 18.0 Å². The number of hydrazine groups is 1. The highest BCUT2D eigenvalue weighted by Crippen LogP contribution is 2.37. The van der Waals surface area contributed by atoms with Crippen molar-refractivity contribution in [3.63, 3.8) is 0 Å². The monoisotopic (exact) mass is 659 g/mol. The molecule has 47 heavy (non-hydrogen) atoms. The Morgan fingerprint density at radius 3 is 2.55 bits per heavy atom. The number of benzene rings is 3. The number of aromatic nitrogens is 2. The lowest BCUT2D eigenvalue weighted by Crippen LogP contribution is -2.76. The molecule has 2 aliphatic heterocycles. The largest absolute Gasteiger partial charge is 0.524 e. The first kappa shape index (κ1) is 32.0. The molecule has 2 aliphatic rings. The van der Waals surface area contributed by atoms with Crippen LogP contribution in [-0.2, 0) is 33.7 Å². The highest BCUT2D eigenvalue weighted by Gasteiger charge is 2.51. The van der Waals surface area contributed by atoms with Gasteiger partial charge in [-0.2, -0.15) is 5.10 Å². The lowest BCUT2D eigenvalue weighted by atomic mass is 9.98. The Bertz CT molecular complexity index is 1830. The Balaban J connectivity index is 1.35. The van der Waals surface area contributed by atoms with E-state index in [1.807, 2.05) is 48.5 Å². The van der Waals surface area contributed by atoms with Gasteiger partial charge in [-0.15, -0.1) is 6.58 Å². The van der Waals surface area contributed by atoms with Crippen molar-refractivity contribution in [3.8, 4) is 5.75 Å². The quantitative estimate of drug-likeness (QED) is 0.148. The summed E-state index contributed by atoms with van der Waals surface area (Å²) in [5.41, 5.74) is 3.13. The van der Waals surface area contributed by atoms with Crippen LogP contribution in [0.1, 0.15) is 16.7 Å². The fraction of sp³-hybridized carbons (Fsp3) is 0.250. The first-order valence-corrected chi connectivity index (χ1v) is 16.5. The summed E-state index contributed by atoms with van der Waals surface area (Å²) in [5.74, 6) is -0.665. The van der Waals surface area contributed by atoms with Crippen LogP contribution in [0.4, 0.5) is 4.79 Å². The summed E-state index contributed by atoms with van der Waals surface area (Å²) < 4.78 is 16.0. The first-order chi connectivity index (χ1) is 22.6. The van der Waals surface area contributed by atoms with Crippen molar-refractivity contribution in [1.29, 1.82) is 0 Å². The summed E-state index contributed by atoms with van der Waals surface area (Å²) in [6.07, 6.45) is 2.56. The summed E-state index contributed by atoms with van der Waals surface area (Å²) in [7, 11) is -4.76. The van der Waals surface area contributed by atoms with Gasteiger partial charge < -0.3 is 19.6 Å². The van der Waals surface area contributed by atoms with E-state index in [2.05, 4.69) is 26.6 Å². The number of aromatic amines is 1. The molecule has 3 heterocycles. The number of para-hydroxylation sites is 1. The maximum absolute atomic E-state index is 14.3. The Hall–Kier alpha value is -5.01. The first-order valence-electron chi connectivity index (χ1n) is 14.9. The van der Waals surface area contributed by atoms with Gasteiger partial charge in [-0.05, 0) is 28.8 Å². The number of carbonyl (C=O) groups is 3. The van der Waals surface area contributed by atoms with E-state index >= 15 is 0 Å². The van der Waals surface area contributed by atoms with Gasteiger partial charge in [0.2, 0.25) is 11.8 Å². The van der Waals surface area contributed by atoms with E-state index in [9.17, 15) is 28.7 Å². The zero-order valence-corrected chi connectivity index (χ0v) is 26.2. The van der Waals surface area contributed by atoms with Crippen LogP contribution in [0.15, 0.2) is 91.6 Å². The SMILES string of the molecule is C=CCN1CC(=O)N2C(Cc3ccc(OP(=O)(O)O)cc3)C(=O)N(Cc3cccc4cn[nH]c34)CC2N1C(=O)NCc1ccccc1. The number of rotatable bonds is 10. The Labute approximate surface area is 270 Å². The van der Waals surface area contributed by atoms with Gasteiger partial charge in [0.15, 0.2) is 0 Å². The summed E-state index contributed by atoms with van der Waals surface area (Å²) >= 11 is 0. The van der Waals surface area contributed by atoms with Crippen molar-refractivity contribution in [2.45, 2.75) is 31.7 Å². The minimum absolute atomic E-state index is 0.0420. The smallest absolute Gasteiger partial charge is 0.404 e. The fourth-order valence-electron chi connectivity index (χ4n) is 6.11. The van der Waals surface area contributed by atoms with Crippen LogP contribution in [0.2, 0.25) is 0 Å². The molecular formula is C32H34N7O7P. The molecule has 2 saturated heterocycles. The molecular weight excluding hydrogens is 625 g/mol. The van der Waals surface area contributed by atoms with Crippen LogP contribution >= 0.6 is 7.82 Å². The molecule has 2 fully saturated rings. The number of hydrogen-bond donors (Lipinski definition) is 4. The number of nitrogens with one attached hydrogen (secondary N) is 2. The minimum atomic E-state index is -4.76. The van der Waals surface area contributed by atoms with E-state index in [0.717, 1.165) is 22.0 Å². The minimum Gasteiger partial charge on any atom is -0.404 e. The van der Waals surface area contributed by atoms with Crippen LogP contribution in [0, 0.1) is 0 Å². The normalized spacial score (nSPS) is 18.7. The fourth-order valence-corrected chi connectivity index (χ4v) is 6.51. The van der Waals surface area contributed by atoms with Gasteiger partial charge in [-0.25, -0.2) is 19.4 Å². The molecule has 6 rings (SSSR count). The van der Waals surface area contributed by atoms with Crippen molar-refractivity contribution in [1.82, 2.24) is 35.3 Å². The second kappa shape index (κ2) is 13.4. The molecule has 244 valence electrons. The molecule has 4 N–H and O–H groups in total. The molecule has 0 spiro atoms. The molecule has 2 unspecified atom stereocenters. The molecule has 0 saturated carbocycles. The van der Waals surface area contributed by atoms with E-state index in [-0.39, 0.29) is 56.7 Å². The number of fused-ring (bicyclic) bond motifs is 2. The van der Waals surface area contributed by atoms with E-state index in [1.165, 1.54) is 22.0 Å². The number of H-pyrrole nitrogens is 1. The molecule has 3 aromatic carbocycles. The number of phosphoric ester groups is 1. The Morgan fingerprint density at radius 1 is 1.06 bits per heavy atom. The maximum atomic E-state index is 14.3. The van der Waals surface area contributed by atoms with Crippen molar-refractivity contribution in [2.75, 3.05) is 19.6 Å². The predicted molar refractivity (Wildman–Crippen MR) is 171 cm³/mol. The molecule has 0 radical (unpaired) electrons. The van der Waals surface area contributed by atoms with Gasteiger partial charge in [0, 0.05) is 31.4 Å². The highest BCUT2D eigenvalue weighted by molar-refractivity contribution is 7.46. The van der Waals surface area contributed by atoms with Crippen molar-refractivity contribution < 1.29 is 33.3 Å².